The molecule has 1 unspecified atom stereocenters. The number of nitrogens with two attached hydrogens (primary N) is 2. The van der Waals surface area contributed by atoms with Crippen LogP contribution in [0, 0.1) is 26.9 Å². The Kier molecular flexibility index (Phi) is 6.46. The van der Waals surface area contributed by atoms with E-state index >= 15 is 0 Å². The largest absolute Gasteiger partial charge is 0.350 e. The second kappa shape index (κ2) is 8.66. The highest BCUT2D eigenvalue weighted by atomic mass is 127. The van der Waals surface area contributed by atoms with E-state index in [0.717, 1.165) is 6.07 Å². The zero-order valence-corrected chi connectivity index (χ0v) is 17.0. The van der Waals surface area contributed by atoms with Gasteiger partial charge in [-0.15, -0.1) is 0 Å². The number of anilines is 2. The van der Waals surface area contributed by atoms with E-state index in [1.165, 1.54) is 23.1 Å². The van der Waals surface area contributed by atoms with Gasteiger partial charge >= 0.3 is 0 Å². The first-order chi connectivity index (χ1) is 13.3. The van der Waals surface area contributed by atoms with Gasteiger partial charge in [-0.1, -0.05) is 0 Å². The lowest BCUT2D eigenvalue weighted by molar-refractivity contribution is 0.0447. The first kappa shape index (κ1) is 20.9. The van der Waals surface area contributed by atoms with E-state index in [0.29, 0.717) is 29.6 Å². The van der Waals surface area contributed by atoms with Gasteiger partial charge in [0.2, 0.25) is 0 Å². The van der Waals surface area contributed by atoms with Crippen LogP contribution in [0.25, 0.3) is 0 Å². The predicted octanol–water partition coefficient (Wildman–Crippen LogP) is 3.20. The van der Waals surface area contributed by atoms with Crippen molar-refractivity contribution in [1.82, 2.24) is 4.90 Å². The normalized spacial score (nSPS) is 15.3. The number of carbonyl (C=O) groups excluding carboxylic acids is 1. The number of nitrogens with one attached hydrogen (secondary N) is 1. The summed E-state index contributed by atoms with van der Waals surface area (Å²) in [6.45, 7) is 1.29. The Morgan fingerprint density at radius 3 is 2.57 bits per heavy atom. The number of hydrogen-bond donors (Lipinski definition) is 3. The van der Waals surface area contributed by atoms with Crippen molar-refractivity contribution >= 4 is 39.9 Å². The van der Waals surface area contributed by atoms with Crippen LogP contribution in [0.15, 0.2) is 30.3 Å². The van der Waals surface area contributed by atoms with Crippen molar-refractivity contribution < 1.29 is 18.0 Å². The van der Waals surface area contributed by atoms with Gasteiger partial charge in [-0.3, -0.25) is 4.79 Å². The summed E-state index contributed by atoms with van der Waals surface area (Å²) in [5.74, 6) is -3.35. The molecule has 1 saturated heterocycles. The minimum atomic E-state index is -1.24. The number of hydrogen-bond acceptors (Lipinski definition) is 4. The molecule has 0 spiro atoms. The summed E-state index contributed by atoms with van der Waals surface area (Å²) in [5.41, 5.74) is 11.0. The molecule has 1 aliphatic heterocycles. The van der Waals surface area contributed by atoms with Crippen LogP contribution in [0.4, 0.5) is 24.5 Å². The first-order valence-corrected chi connectivity index (χ1v) is 9.84. The Hall–Kier alpha value is -1.85. The summed E-state index contributed by atoms with van der Waals surface area (Å²) in [6, 6.07) is 6.24. The van der Waals surface area contributed by atoms with Crippen molar-refractivity contribution in [3.05, 3.63) is 56.9 Å². The molecule has 9 heteroatoms. The molecule has 2 aromatic carbocycles. The summed E-state index contributed by atoms with van der Waals surface area (Å²) < 4.78 is 43.0. The summed E-state index contributed by atoms with van der Waals surface area (Å²) in [4.78, 5) is 14.3. The summed E-state index contributed by atoms with van der Waals surface area (Å²) >= 11 is 1.94. The molecule has 2 aromatic rings. The number of halogens is 4. The van der Waals surface area contributed by atoms with Gasteiger partial charge in [0.15, 0.2) is 11.6 Å². The lowest BCUT2D eigenvalue weighted by Crippen LogP contribution is -2.56. The van der Waals surface area contributed by atoms with Gasteiger partial charge in [-0.05, 0) is 65.9 Å². The van der Waals surface area contributed by atoms with Gasteiger partial charge < -0.3 is 21.7 Å². The standard InChI is InChI=1S/C19H20F3IN4O/c20-13-3-2-12(19(28)27-8-10(9-27)15(25)5-6-24)18(17(13)22)26-16-4-1-11(23)7-14(16)21/h1-4,7,10,15,26H,5-6,8-9,24-25H2. The van der Waals surface area contributed by atoms with Crippen LogP contribution in [0.3, 0.4) is 0 Å². The van der Waals surface area contributed by atoms with Crippen molar-refractivity contribution in [3.63, 3.8) is 0 Å². The summed E-state index contributed by atoms with van der Waals surface area (Å²) in [7, 11) is 0. The molecule has 0 radical (unpaired) electrons. The maximum absolute atomic E-state index is 14.4. The third kappa shape index (κ3) is 4.26. The monoisotopic (exact) mass is 504 g/mol. The topological polar surface area (TPSA) is 84.4 Å². The molecule has 1 heterocycles. The number of benzene rings is 2. The Morgan fingerprint density at radius 1 is 1.21 bits per heavy atom. The van der Waals surface area contributed by atoms with E-state index in [9.17, 15) is 18.0 Å². The fraction of sp³-hybridized carbons (Fsp3) is 0.316. The predicted molar refractivity (Wildman–Crippen MR) is 110 cm³/mol. The highest BCUT2D eigenvalue weighted by Crippen LogP contribution is 2.31. The molecule has 0 aromatic heterocycles. The fourth-order valence-electron chi connectivity index (χ4n) is 3.12. The first-order valence-electron chi connectivity index (χ1n) is 8.76. The molecule has 3 rings (SSSR count). The van der Waals surface area contributed by atoms with Crippen molar-refractivity contribution in [1.29, 1.82) is 0 Å². The lowest BCUT2D eigenvalue weighted by Gasteiger charge is -2.42. The van der Waals surface area contributed by atoms with Crippen molar-refractivity contribution in [2.75, 3.05) is 25.0 Å². The lowest BCUT2D eigenvalue weighted by atomic mass is 9.89. The van der Waals surface area contributed by atoms with E-state index in [1.54, 1.807) is 6.07 Å². The molecule has 0 aliphatic carbocycles. The minimum absolute atomic E-state index is 0.0505. The summed E-state index contributed by atoms with van der Waals surface area (Å²) in [6.07, 6.45) is 0.650. The Labute approximate surface area is 174 Å². The molecule has 150 valence electrons. The molecule has 5 nitrogen and oxygen atoms in total. The maximum Gasteiger partial charge on any atom is 0.256 e. The fourth-order valence-corrected chi connectivity index (χ4v) is 3.58. The number of nitrogens with zero attached hydrogens (tertiary/aromatic N) is 1. The van der Waals surface area contributed by atoms with Gasteiger partial charge in [0.25, 0.3) is 5.91 Å². The van der Waals surface area contributed by atoms with Crippen molar-refractivity contribution in [2.24, 2.45) is 17.4 Å². The highest BCUT2D eigenvalue weighted by molar-refractivity contribution is 14.1. The zero-order chi connectivity index (χ0) is 20.4. The number of rotatable bonds is 6. The van der Waals surface area contributed by atoms with Crippen LogP contribution < -0.4 is 16.8 Å². The average Bonchev–Trinajstić information content (AvgIpc) is 2.60. The average molecular weight is 504 g/mol. The quantitative estimate of drug-likeness (QED) is 0.528. The Morgan fingerprint density at radius 2 is 1.93 bits per heavy atom. The highest BCUT2D eigenvalue weighted by Gasteiger charge is 2.36. The molecule has 1 atom stereocenters. The smallest absolute Gasteiger partial charge is 0.256 e. The van der Waals surface area contributed by atoms with Crippen LogP contribution in [0.2, 0.25) is 0 Å². The second-order valence-electron chi connectivity index (χ2n) is 6.74. The van der Waals surface area contributed by atoms with Crippen molar-refractivity contribution in [2.45, 2.75) is 12.5 Å². The molecule has 0 bridgehead atoms. The van der Waals surface area contributed by atoms with Gasteiger partial charge in [-0.2, -0.15) is 0 Å². The molecule has 28 heavy (non-hydrogen) atoms. The molecule has 0 saturated carbocycles. The molecule has 1 amide bonds. The molecule has 5 N–H and O–H groups in total. The third-order valence-corrected chi connectivity index (χ3v) is 5.49. The van der Waals surface area contributed by atoms with Crippen LogP contribution in [-0.4, -0.2) is 36.5 Å². The van der Waals surface area contributed by atoms with Crippen LogP contribution >= 0.6 is 22.6 Å². The van der Waals surface area contributed by atoms with Gasteiger partial charge in [0.05, 0.1) is 16.9 Å². The molecular formula is C19H20F3IN4O. The van der Waals surface area contributed by atoms with Gasteiger partial charge in [0, 0.05) is 28.6 Å². The van der Waals surface area contributed by atoms with E-state index in [-0.39, 0.29) is 28.9 Å². The number of likely N-dealkylation sites (tertiary alicyclic amines) is 1. The van der Waals surface area contributed by atoms with Crippen molar-refractivity contribution in [3.8, 4) is 0 Å². The van der Waals surface area contributed by atoms with Crippen LogP contribution in [0.5, 0.6) is 0 Å². The van der Waals surface area contributed by atoms with E-state index < -0.39 is 23.4 Å². The van der Waals surface area contributed by atoms with E-state index in [2.05, 4.69) is 5.32 Å². The number of carbonyl (C=O) groups is 1. The molecule has 1 fully saturated rings. The third-order valence-electron chi connectivity index (χ3n) is 4.82. The maximum atomic E-state index is 14.4. The SMILES string of the molecule is NCCC(N)C1CN(C(=O)c2ccc(F)c(F)c2Nc2ccc(I)cc2F)C1. The summed E-state index contributed by atoms with van der Waals surface area (Å²) in [5, 5.41) is 2.53. The zero-order valence-electron chi connectivity index (χ0n) is 14.9. The Balaban J connectivity index is 1.84. The van der Waals surface area contributed by atoms with Gasteiger partial charge in [-0.25, -0.2) is 13.2 Å². The van der Waals surface area contributed by atoms with Gasteiger partial charge in [0.1, 0.15) is 5.82 Å². The van der Waals surface area contributed by atoms with Crippen LogP contribution in [0.1, 0.15) is 16.8 Å². The molecular weight excluding hydrogens is 484 g/mol. The minimum Gasteiger partial charge on any atom is -0.350 e. The second-order valence-corrected chi connectivity index (χ2v) is 7.99. The number of amides is 1. The van der Waals surface area contributed by atoms with Crippen LogP contribution in [-0.2, 0) is 0 Å². The Bertz CT molecular complexity index is 890. The van der Waals surface area contributed by atoms with E-state index in [1.807, 2.05) is 22.6 Å². The van der Waals surface area contributed by atoms with E-state index in [4.69, 9.17) is 11.5 Å². The molecule has 1 aliphatic rings.